The summed E-state index contributed by atoms with van der Waals surface area (Å²) in [6.07, 6.45) is 2.91. The number of rotatable bonds is 2. The molecule has 1 aromatic rings. The number of Topliss-reactive ketones (excluding diaryl/α,β-unsaturated/α-hetero) is 1. The van der Waals surface area contributed by atoms with Crippen molar-refractivity contribution in [2.24, 2.45) is 0 Å². The van der Waals surface area contributed by atoms with E-state index in [4.69, 9.17) is 4.74 Å². The smallest absolute Gasteiger partial charge is 0.173 e. The Hall–Kier alpha value is -1.38. The highest BCUT2D eigenvalue weighted by Crippen LogP contribution is 2.21. The fourth-order valence-electron chi connectivity index (χ4n) is 1.78. The molecule has 0 N–H and O–H groups in total. The monoisotopic (exact) mass is 208 g/mol. The number of benzene rings is 1. The predicted octanol–water partition coefficient (Wildman–Crippen LogP) is 2.72. The minimum Gasteiger partial charge on any atom is -0.483 e. The minimum absolute atomic E-state index is 0.130. The first-order chi connectivity index (χ1) is 7.25. The number of halogens is 1. The molecule has 1 atom stereocenters. The van der Waals surface area contributed by atoms with Gasteiger partial charge in [0.25, 0.3) is 0 Å². The molecule has 0 aliphatic heterocycles. The lowest BCUT2D eigenvalue weighted by atomic mass is 9.96. The van der Waals surface area contributed by atoms with Gasteiger partial charge in [-0.15, -0.1) is 0 Å². The maximum Gasteiger partial charge on any atom is 0.173 e. The van der Waals surface area contributed by atoms with Crippen LogP contribution in [0.1, 0.15) is 25.7 Å². The molecule has 2 rings (SSSR count). The lowest BCUT2D eigenvalue weighted by Crippen LogP contribution is -2.30. The summed E-state index contributed by atoms with van der Waals surface area (Å²) in [4.78, 5) is 11.5. The largest absolute Gasteiger partial charge is 0.483 e. The van der Waals surface area contributed by atoms with Crippen molar-refractivity contribution in [1.82, 2.24) is 0 Å². The molecule has 1 aliphatic rings. The van der Waals surface area contributed by atoms with Gasteiger partial charge in [0.1, 0.15) is 11.6 Å². The second-order valence-electron chi connectivity index (χ2n) is 3.78. The van der Waals surface area contributed by atoms with E-state index in [1.807, 2.05) is 0 Å². The van der Waals surface area contributed by atoms with Crippen LogP contribution in [0.15, 0.2) is 24.3 Å². The molecule has 0 bridgehead atoms. The maximum absolute atomic E-state index is 12.9. The Morgan fingerprint density at radius 1 is 1.33 bits per heavy atom. The molecule has 0 heterocycles. The average molecular weight is 208 g/mol. The number of hydrogen-bond acceptors (Lipinski definition) is 2. The normalized spacial score (nSPS) is 21.4. The summed E-state index contributed by atoms with van der Waals surface area (Å²) in [5, 5.41) is 0. The first kappa shape index (κ1) is 10.1. The molecule has 1 unspecified atom stereocenters. The molecule has 1 aromatic carbocycles. The zero-order valence-electron chi connectivity index (χ0n) is 8.41. The zero-order valence-corrected chi connectivity index (χ0v) is 8.41. The van der Waals surface area contributed by atoms with Crippen molar-refractivity contribution in [2.75, 3.05) is 0 Å². The second kappa shape index (κ2) is 4.43. The lowest BCUT2D eigenvalue weighted by Gasteiger charge is -2.21. The van der Waals surface area contributed by atoms with Crippen molar-refractivity contribution in [3.8, 4) is 5.75 Å². The van der Waals surface area contributed by atoms with Crippen LogP contribution in [0.5, 0.6) is 5.75 Å². The highest BCUT2D eigenvalue weighted by molar-refractivity contribution is 5.84. The number of carbonyl (C=O) groups excluding carboxylic acids is 1. The average Bonchev–Trinajstić information content (AvgIpc) is 2.22. The molecule has 15 heavy (non-hydrogen) atoms. The number of ketones is 1. The van der Waals surface area contributed by atoms with Gasteiger partial charge in [0, 0.05) is 12.5 Å². The van der Waals surface area contributed by atoms with Gasteiger partial charge >= 0.3 is 0 Å². The fraction of sp³-hybridized carbons (Fsp3) is 0.417. The van der Waals surface area contributed by atoms with Gasteiger partial charge in [-0.1, -0.05) is 6.07 Å². The van der Waals surface area contributed by atoms with Crippen molar-refractivity contribution in [1.29, 1.82) is 0 Å². The molecule has 80 valence electrons. The molecule has 0 amide bonds. The van der Waals surface area contributed by atoms with E-state index in [0.29, 0.717) is 12.2 Å². The third kappa shape index (κ3) is 2.55. The third-order valence-electron chi connectivity index (χ3n) is 2.57. The Kier molecular flexibility index (Phi) is 2.99. The topological polar surface area (TPSA) is 26.3 Å². The third-order valence-corrected chi connectivity index (χ3v) is 2.57. The molecule has 0 spiro atoms. The zero-order chi connectivity index (χ0) is 10.7. The van der Waals surface area contributed by atoms with Crippen molar-refractivity contribution in [3.63, 3.8) is 0 Å². The fourth-order valence-corrected chi connectivity index (χ4v) is 1.78. The molecule has 1 fully saturated rings. The number of hydrogen-bond donors (Lipinski definition) is 0. The standard InChI is InChI=1S/C12H13FO2/c13-9-4-3-5-10(8-9)15-12-7-2-1-6-11(12)14/h3-5,8,12H,1-2,6-7H2. The van der Waals surface area contributed by atoms with Gasteiger partial charge in [-0.2, -0.15) is 0 Å². The second-order valence-corrected chi connectivity index (χ2v) is 3.78. The van der Waals surface area contributed by atoms with Crippen molar-refractivity contribution in [2.45, 2.75) is 31.8 Å². The molecule has 0 aromatic heterocycles. The van der Waals surface area contributed by atoms with Crippen molar-refractivity contribution < 1.29 is 13.9 Å². The molecule has 2 nitrogen and oxygen atoms in total. The van der Waals surface area contributed by atoms with Crippen LogP contribution in [0.3, 0.4) is 0 Å². The van der Waals surface area contributed by atoms with E-state index in [9.17, 15) is 9.18 Å². The van der Waals surface area contributed by atoms with Crippen LogP contribution in [0.25, 0.3) is 0 Å². The van der Waals surface area contributed by atoms with Crippen molar-refractivity contribution >= 4 is 5.78 Å². The van der Waals surface area contributed by atoms with Gasteiger partial charge in [0.05, 0.1) is 0 Å². The summed E-state index contributed by atoms with van der Waals surface area (Å²) in [6, 6.07) is 5.92. The number of carbonyl (C=O) groups is 1. The quantitative estimate of drug-likeness (QED) is 0.747. The van der Waals surface area contributed by atoms with Gasteiger partial charge < -0.3 is 4.74 Å². The molecule has 1 aliphatic carbocycles. The Morgan fingerprint density at radius 2 is 2.20 bits per heavy atom. The van der Waals surface area contributed by atoms with Crippen LogP contribution in [-0.2, 0) is 4.79 Å². The Labute approximate surface area is 88.1 Å². The molecule has 3 heteroatoms. The maximum atomic E-state index is 12.9. The van der Waals surface area contributed by atoms with Crippen LogP contribution >= 0.6 is 0 Å². The van der Waals surface area contributed by atoms with Gasteiger partial charge in [0.2, 0.25) is 0 Å². The van der Waals surface area contributed by atoms with Crippen LogP contribution in [0, 0.1) is 5.82 Å². The molecular formula is C12H13FO2. The highest BCUT2D eigenvalue weighted by Gasteiger charge is 2.23. The lowest BCUT2D eigenvalue weighted by molar-refractivity contribution is -0.127. The van der Waals surface area contributed by atoms with Gasteiger partial charge in [0.15, 0.2) is 11.9 Å². The molecular weight excluding hydrogens is 195 g/mol. The van der Waals surface area contributed by atoms with E-state index in [2.05, 4.69) is 0 Å². The van der Waals surface area contributed by atoms with Crippen LogP contribution in [0.4, 0.5) is 4.39 Å². The highest BCUT2D eigenvalue weighted by atomic mass is 19.1. The van der Waals surface area contributed by atoms with E-state index >= 15 is 0 Å². The summed E-state index contributed by atoms with van der Waals surface area (Å²) in [5.41, 5.74) is 0. The Bertz CT molecular complexity index is 362. The van der Waals surface area contributed by atoms with E-state index in [1.165, 1.54) is 12.1 Å². The molecule has 0 radical (unpaired) electrons. The number of ether oxygens (including phenoxy) is 1. The Balaban J connectivity index is 2.04. The summed E-state index contributed by atoms with van der Waals surface area (Å²) in [7, 11) is 0. The van der Waals surface area contributed by atoms with Crippen LogP contribution in [0.2, 0.25) is 0 Å². The van der Waals surface area contributed by atoms with Crippen LogP contribution < -0.4 is 4.74 Å². The predicted molar refractivity (Wildman–Crippen MR) is 54.3 cm³/mol. The summed E-state index contributed by atoms with van der Waals surface area (Å²) < 4.78 is 18.3. The summed E-state index contributed by atoms with van der Waals surface area (Å²) in [6.45, 7) is 0. The summed E-state index contributed by atoms with van der Waals surface area (Å²) >= 11 is 0. The first-order valence-corrected chi connectivity index (χ1v) is 5.20. The summed E-state index contributed by atoms with van der Waals surface area (Å²) in [5.74, 6) is 0.233. The van der Waals surface area contributed by atoms with Gasteiger partial charge in [-0.25, -0.2) is 4.39 Å². The van der Waals surface area contributed by atoms with E-state index in [0.717, 1.165) is 19.3 Å². The van der Waals surface area contributed by atoms with E-state index in [1.54, 1.807) is 12.1 Å². The Morgan fingerprint density at radius 3 is 2.93 bits per heavy atom. The van der Waals surface area contributed by atoms with Gasteiger partial charge in [-0.05, 0) is 31.4 Å². The van der Waals surface area contributed by atoms with E-state index in [-0.39, 0.29) is 17.7 Å². The van der Waals surface area contributed by atoms with Crippen molar-refractivity contribution in [3.05, 3.63) is 30.1 Å². The van der Waals surface area contributed by atoms with Crippen LogP contribution in [-0.4, -0.2) is 11.9 Å². The van der Waals surface area contributed by atoms with E-state index < -0.39 is 0 Å². The molecule has 0 saturated heterocycles. The van der Waals surface area contributed by atoms with Gasteiger partial charge in [-0.3, -0.25) is 4.79 Å². The minimum atomic E-state index is -0.374. The SMILES string of the molecule is O=C1CCCCC1Oc1cccc(F)c1. The first-order valence-electron chi connectivity index (χ1n) is 5.20. The molecule has 1 saturated carbocycles.